The van der Waals surface area contributed by atoms with Gasteiger partial charge in [-0.3, -0.25) is 0 Å². The van der Waals surface area contributed by atoms with E-state index in [9.17, 15) is 0 Å². The summed E-state index contributed by atoms with van der Waals surface area (Å²) in [6.07, 6.45) is 0.137. The van der Waals surface area contributed by atoms with Crippen LogP contribution in [-0.2, 0) is 16.0 Å². The SMILES string of the molecule is COc1ccc(CNC[C@@H]2COC(C)(C)O2)cc1. The molecule has 0 amide bonds. The molecule has 1 heterocycles. The van der Waals surface area contributed by atoms with Gasteiger partial charge in [-0.05, 0) is 31.5 Å². The summed E-state index contributed by atoms with van der Waals surface area (Å²) in [6.45, 7) is 6.16. The van der Waals surface area contributed by atoms with Gasteiger partial charge in [0.25, 0.3) is 0 Å². The monoisotopic (exact) mass is 251 g/mol. The van der Waals surface area contributed by atoms with E-state index >= 15 is 0 Å². The summed E-state index contributed by atoms with van der Waals surface area (Å²) in [5, 5.41) is 3.37. The first-order valence-corrected chi connectivity index (χ1v) is 6.24. The third-order valence-electron chi connectivity index (χ3n) is 2.93. The molecule has 1 aliphatic heterocycles. The van der Waals surface area contributed by atoms with E-state index < -0.39 is 5.79 Å². The Morgan fingerprint density at radius 2 is 2.06 bits per heavy atom. The van der Waals surface area contributed by atoms with Gasteiger partial charge in [-0.15, -0.1) is 0 Å². The third-order valence-corrected chi connectivity index (χ3v) is 2.93. The number of rotatable bonds is 5. The van der Waals surface area contributed by atoms with Crippen LogP contribution < -0.4 is 10.1 Å². The number of hydrogen-bond acceptors (Lipinski definition) is 4. The van der Waals surface area contributed by atoms with E-state index in [1.54, 1.807) is 7.11 Å². The zero-order chi connectivity index (χ0) is 13.0. The molecule has 4 heteroatoms. The van der Waals surface area contributed by atoms with E-state index in [4.69, 9.17) is 14.2 Å². The first-order chi connectivity index (χ1) is 8.59. The predicted octanol–water partition coefficient (Wildman–Crippen LogP) is 1.94. The molecule has 1 aromatic carbocycles. The average molecular weight is 251 g/mol. The van der Waals surface area contributed by atoms with Crippen LogP contribution in [0.15, 0.2) is 24.3 Å². The highest BCUT2D eigenvalue weighted by Crippen LogP contribution is 2.21. The fourth-order valence-electron chi connectivity index (χ4n) is 1.98. The standard InChI is InChI=1S/C14H21NO3/c1-14(2)17-10-13(18-14)9-15-8-11-4-6-12(16-3)7-5-11/h4-7,13,15H,8-10H2,1-3H3/t13-/m1/s1. The molecule has 100 valence electrons. The lowest BCUT2D eigenvalue weighted by molar-refractivity contribution is -0.137. The molecule has 0 radical (unpaired) electrons. The summed E-state index contributed by atoms with van der Waals surface area (Å²) in [5.74, 6) is 0.444. The second-order valence-corrected chi connectivity index (χ2v) is 4.93. The summed E-state index contributed by atoms with van der Waals surface area (Å²) >= 11 is 0. The Labute approximate surface area is 108 Å². The van der Waals surface area contributed by atoms with Gasteiger partial charge in [-0.2, -0.15) is 0 Å². The minimum absolute atomic E-state index is 0.137. The van der Waals surface area contributed by atoms with Crippen molar-refractivity contribution >= 4 is 0 Å². The normalized spacial score (nSPS) is 22.1. The first kappa shape index (κ1) is 13.3. The van der Waals surface area contributed by atoms with E-state index in [0.717, 1.165) is 18.8 Å². The lowest BCUT2D eigenvalue weighted by atomic mass is 10.2. The summed E-state index contributed by atoms with van der Waals surface area (Å²) in [6, 6.07) is 8.05. The Bertz CT molecular complexity index is 375. The minimum Gasteiger partial charge on any atom is -0.497 e. The van der Waals surface area contributed by atoms with Crippen LogP contribution in [-0.4, -0.2) is 32.2 Å². The molecule has 0 saturated carbocycles. The second kappa shape index (κ2) is 5.69. The van der Waals surface area contributed by atoms with Gasteiger partial charge in [0.2, 0.25) is 0 Å². The first-order valence-electron chi connectivity index (χ1n) is 6.24. The summed E-state index contributed by atoms with van der Waals surface area (Å²) < 4.78 is 16.3. The Balaban J connectivity index is 1.72. The Morgan fingerprint density at radius 1 is 1.33 bits per heavy atom. The summed E-state index contributed by atoms with van der Waals surface area (Å²) in [5.41, 5.74) is 1.23. The van der Waals surface area contributed by atoms with Crippen LogP contribution in [0.2, 0.25) is 0 Å². The van der Waals surface area contributed by atoms with Gasteiger partial charge in [0, 0.05) is 13.1 Å². The second-order valence-electron chi connectivity index (χ2n) is 4.93. The quantitative estimate of drug-likeness (QED) is 0.868. The van der Waals surface area contributed by atoms with Crippen LogP contribution in [0.4, 0.5) is 0 Å². The molecule has 1 saturated heterocycles. The van der Waals surface area contributed by atoms with Crippen molar-refractivity contribution < 1.29 is 14.2 Å². The molecule has 0 aliphatic carbocycles. The molecule has 1 N–H and O–H groups in total. The molecule has 0 spiro atoms. The molecule has 0 bridgehead atoms. The fourth-order valence-corrected chi connectivity index (χ4v) is 1.98. The lowest BCUT2D eigenvalue weighted by Gasteiger charge is -2.17. The van der Waals surface area contributed by atoms with Crippen molar-refractivity contribution in [2.24, 2.45) is 0 Å². The van der Waals surface area contributed by atoms with Crippen molar-refractivity contribution in [2.45, 2.75) is 32.3 Å². The number of hydrogen-bond donors (Lipinski definition) is 1. The fraction of sp³-hybridized carbons (Fsp3) is 0.571. The van der Waals surface area contributed by atoms with Crippen molar-refractivity contribution in [1.29, 1.82) is 0 Å². The van der Waals surface area contributed by atoms with Gasteiger partial charge in [0.05, 0.1) is 19.8 Å². The molecule has 2 rings (SSSR count). The van der Waals surface area contributed by atoms with Gasteiger partial charge in [-0.1, -0.05) is 12.1 Å². The van der Waals surface area contributed by atoms with E-state index in [1.165, 1.54) is 5.56 Å². The largest absolute Gasteiger partial charge is 0.497 e. The molecule has 0 aromatic heterocycles. The maximum Gasteiger partial charge on any atom is 0.163 e. The number of nitrogens with one attached hydrogen (secondary N) is 1. The van der Waals surface area contributed by atoms with Crippen LogP contribution in [0, 0.1) is 0 Å². The van der Waals surface area contributed by atoms with Crippen molar-refractivity contribution in [3.8, 4) is 5.75 Å². The van der Waals surface area contributed by atoms with Crippen LogP contribution in [0.25, 0.3) is 0 Å². The van der Waals surface area contributed by atoms with Crippen molar-refractivity contribution in [3.63, 3.8) is 0 Å². The van der Waals surface area contributed by atoms with Gasteiger partial charge in [-0.25, -0.2) is 0 Å². The van der Waals surface area contributed by atoms with Crippen LogP contribution in [0.3, 0.4) is 0 Å². The zero-order valence-corrected chi connectivity index (χ0v) is 11.2. The maximum atomic E-state index is 5.72. The number of benzene rings is 1. The summed E-state index contributed by atoms with van der Waals surface area (Å²) in [7, 11) is 1.67. The third kappa shape index (κ3) is 3.70. The minimum atomic E-state index is -0.438. The van der Waals surface area contributed by atoms with E-state index in [-0.39, 0.29) is 6.10 Å². The summed E-state index contributed by atoms with van der Waals surface area (Å²) in [4.78, 5) is 0. The Morgan fingerprint density at radius 3 is 2.61 bits per heavy atom. The molecule has 1 aliphatic rings. The molecular weight excluding hydrogens is 230 g/mol. The topological polar surface area (TPSA) is 39.7 Å². The molecule has 1 aromatic rings. The van der Waals surface area contributed by atoms with E-state index in [2.05, 4.69) is 17.4 Å². The van der Waals surface area contributed by atoms with Gasteiger partial charge < -0.3 is 19.5 Å². The zero-order valence-electron chi connectivity index (χ0n) is 11.2. The number of ether oxygens (including phenoxy) is 3. The highest BCUT2D eigenvalue weighted by Gasteiger charge is 2.32. The van der Waals surface area contributed by atoms with Crippen LogP contribution in [0.1, 0.15) is 19.4 Å². The van der Waals surface area contributed by atoms with Crippen molar-refractivity contribution in [1.82, 2.24) is 5.32 Å². The van der Waals surface area contributed by atoms with E-state index in [0.29, 0.717) is 6.61 Å². The highest BCUT2D eigenvalue weighted by atomic mass is 16.7. The van der Waals surface area contributed by atoms with Crippen LogP contribution in [0.5, 0.6) is 5.75 Å². The smallest absolute Gasteiger partial charge is 0.163 e. The van der Waals surface area contributed by atoms with Gasteiger partial charge in [0.1, 0.15) is 5.75 Å². The van der Waals surface area contributed by atoms with Gasteiger partial charge in [0.15, 0.2) is 5.79 Å². The molecule has 18 heavy (non-hydrogen) atoms. The Hall–Kier alpha value is -1.10. The highest BCUT2D eigenvalue weighted by molar-refractivity contribution is 5.26. The Kier molecular flexibility index (Phi) is 4.22. The lowest BCUT2D eigenvalue weighted by Crippen LogP contribution is -2.30. The molecule has 1 atom stereocenters. The maximum absolute atomic E-state index is 5.72. The molecule has 4 nitrogen and oxygen atoms in total. The molecule has 1 fully saturated rings. The van der Waals surface area contributed by atoms with Crippen molar-refractivity contribution in [2.75, 3.05) is 20.3 Å². The predicted molar refractivity (Wildman–Crippen MR) is 69.6 cm³/mol. The van der Waals surface area contributed by atoms with E-state index in [1.807, 2.05) is 26.0 Å². The molecular formula is C14H21NO3. The molecule has 0 unspecified atom stereocenters. The average Bonchev–Trinajstić information content (AvgIpc) is 2.70. The number of methoxy groups -OCH3 is 1. The van der Waals surface area contributed by atoms with Gasteiger partial charge >= 0.3 is 0 Å². The van der Waals surface area contributed by atoms with Crippen LogP contribution >= 0.6 is 0 Å². The van der Waals surface area contributed by atoms with Crippen molar-refractivity contribution in [3.05, 3.63) is 29.8 Å².